The molecule has 0 spiro atoms. The van der Waals surface area contributed by atoms with E-state index in [2.05, 4.69) is 10.1 Å². The van der Waals surface area contributed by atoms with Crippen molar-refractivity contribution in [3.05, 3.63) is 0 Å². The fraction of sp³-hybridized carbons (Fsp3) is 0.875. The standard InChI is InChI=1S/C8H14F3NO3/c1-5(8(9,10)11)15-4-3-6(12-2)7(13)14/h5-6,12H,3-4H2,1-2H3,(H,13,14). The fourth-order valence-corrected chi connectivity index (χ4v) is 0.848. The minimum atomic E-state index is -4.40. The maximum absolute atomic E-state index is 12.0. The third-order valence-electron chi connectivity index (χ3n) is 1.88. The maximum Gasteiger partial charge on any atom is 0.414 e. The van der Waals surface area contributed by atoms with Gasteiger partial charge in [-0.25, -0.2) is 0 Å². The van der Waals surface area contributed by atoms with Gasteiger partial charge in [-0.1, -0.05) is 0 Å². The number of nitrogens with one attached hydrogen (secondary N) is 1. The zero-order valence-corrected chi connectivity index (χ0v) is 8.47. The van der Waals surface area contributed by atoms with E-state index in [9.17, 15) is 18.0 Å². The van der Waals surface area contributed by atoms with Gasteiger partial charge in [-0.05, 0) is 20.4 Å². The molecule has 7 heteroatoms. The summed E-state index contributed by atoms with van der Waals surface area (Å²) in [4.78, 5) is 10.5. The summed E-state index contributed by atoms with van der Waals surface area (Å²) in [6.45, 7) is 0.633. The van der Waals surface area contributed by atoms with Crippen molar-refractivity contribution in [2.75, 3.05) is 13.7 Å². The van der Waals surface area contributed by atoms with Crippen LogP contribution in [0.4, 0.5) is 13.2 Å². The molecule has 0 aromatic rings. The van der Waals surface area contributed by atoms with Crippen LogP contribution in [0.2, 0.25) is 0 Å². The number of alkyl halides is 3. The van der Waals surface area contributed by atoms with Crippen LogP contribution in [0.3, 0.4) is 0 Å². The van der Waals surface area contributed by atoms with Crippen LogP contribution in [0.1, 0.15) is 13.3 Å². The minimum Gasteiger partial charge on any atom is -0.480 e. The molecule has 15 heavy (non-hydrogen) atoms. The molecule has 2 atom stereocenters. The van der Waals surface area contributed by atoms with Gasteiger partial charge in [-0.3, -0.25) is 4.79 Å². The van der Waals surface area contributed by atoms with Crippen molar-refractivity contribution in [1.29, 1.82) is 0 Å². The van der Waals surface area contributed by atoms with Crippen molar-refractivity contribution in [2.24, 2.45) is 0 Å². The van der Waals surface area contributed by atoms with Gasteiger partial charge in [0.05, 0.1) is 0 Å². The summed E-state index contributed by atoms with van der Waals surface area (Å²) in [5.74, 6) is -1.11. The van der Waals surface area contributed by atoms with Crippen molar-refractivity contribution >= 4 is 5.97 Å². The highest BCUT2D eigenvalue weighted by Gasteiger charge is 2.36. The van der Waals surface area contributed by atoms with Gasteiger partial charge >= 0.3 is 12.1 Å². The van der Waals surface area contributed by atoms with Crippen molar-refractivity contribution in [3.8, 4) is 0 Å². The van der Waals surface area contributed by atoms with Crippen LogP contribution in [0, 0.1) is 0 Å². The normalized spacial score (nSPS) is 16.1. The van der Waals surface area contributed by atoms with Crippen LogP contribution in [0.5, 0.6) is 0 Å². The highest BCUT2D eigenvalue weighted by Crippen LogP contribution is 2.22. The number of ether oxygens (including phenoxy) is 1. The van der Waals surface area contributed by atoms with E-state index < -0.39 is 24.3 Å². The monoisotopic (exact) mass is 229 g/mol. The Morgan fingerprint density at radius 1 is 1.53 bits per heavy atom. The van der Waals surface area contributed by atoms with E-state index in [0.717, 1.165) is 6.92 Å². The van der Waals surface area contributed by atoms with Crippen LogP contribution in [0.15, 0.2) is 0 Å². The Kier molecular flexibility index (Phi) is 5.59. The molecule has 2 N–H and O–H groups in total. The summed E-state index contributed by atoms with van der Waals surface area (Å²) in [6, 6.07) is -0.884. The molecule has 0 saturated carbocycles. The first kappa shape index (κ1) is 14.2. The van der Waals surface area contributed by atoms with Crippen LogP contribution < -0.4 is 5.32 Å². The molecule has 0 aliphatic heterocycles. The van der Waals surface area contributed by atoms with E-state index in [1.165, 1.54) is 7.05 Å². The summed E-state index contributed by atoms with van der Waals surface area (Å²) < 4.78 is 40.3. The zero-order valence-electron chi connectivity index (χ0n) is 8.47. The lowest BCUT2D eigenvalue weighted by Gasteiger charge is -2.17. The second-order valence-electron chi connectivity index (χ2n) is 3.02. The molecule has 2 unspecified atom stereocenters. The molecule has 0 heterocycles. The van der Waals surface area contributed by atoms with Gasteiger partial charge in [0.2, 0.25) is 0 Å². The third-order valence-corrected chi connectivity index (χ3v) is 1.88. The molecular formula is C8H14F3NO3. The molecule has 0 bridgehead atoms. The topological polar surface area (TPSA) is 58.6 Å². The van der Waals surface area contributed by atoms with Crippen LogP contribution in [-0.2, 0) is 9.53 Å². The molecule has 0 aromatic heterocycles. The van der Waals surface area contributed by atoms with Crippen LogP contribution >= 0.6 is 0 Å². The highest BCUT2D eigenvalue weighted by atomic mass is 19.4. The summed E-state index contributed by atoms with van der Waals surface area (Å²) >= 11 is 0. The lowest BCUT2D eigenvalue weighted by molar-refractivity contribution is -0.214. The van der Waals surface area contributed by atoms with Crippen molar-refractivity contribution in [3.63, 3.8) is 0 Å². The number of rotatable bonds is 6. The molecule has 90 valence electrons. The van der Waals surface area contributed by atoms with Crippen molar-refractivity contribution in [2.45, 2.75) is 31.7 Å². The van der Waals surface area contributed by atoms with Gasteiger partial charge in [0.25, 0.3) is 0 Å². The van der Waals surface area contributed by atoms with Crippen LogP contribution in [0.25, 0.3) is 0 Å². The highest BCUT2D eigenvalue weighted by molar-refractivity contribution is 5.73. The Balaban J connectivity index is 3.83. The zero-order chi connectivity index (χ0) is 12.1. The maximum atomic E-state index is 12.0. The summed E-state index contributed by atoms with van der Waals surface area (Å²) in [7, 11) is 1.42. The number of aliphatic carboxylic acids is 1. The molecule has 4 nitrogen and oxygen atoms in total. The first-order valence-corrected chi connectivity index (χ1v) is 4.37. The predicted molar refractivity (Wildman–Crippen MR) is 46.6 cm³/mol. The van der Waals surface area contributed by atoms with Crippen molar-refractivity contribution < 1.29 is 27.8 Å². The lowest BCUT2D eigenvalue weighted by atomic mass is 10.2. The molecule has 0 radical (unpaired) electrons. The van der Waals surface area contributed by atoms with Gasteiger partial charge in [0.1, 0.15) is 6.04 Å². The van der Waals surface area contributed by atoms with E-state index in [-0.39, 0.29) is 13.0 Å². The SMILES string of the molecule is CNC(CCOC(C)C(F)(F)F)C(=O)O. The van der Waals surface area contributed by atoms with Gasteiger partial charge in [-0.2, -0.15) is 13.2 Å². The van der Waals surface area contributed by atoms with E-state index in [1.54, 1.807) is 0 Å². The van der Waals surface area contributed by atoms with E-state index >= 15 is 0 Å². The fourth-order valence-electron chi connectivity index (χ4n) is 0.848. The minimum absolute atomic E-state index is 0.00769. The number of likely N-dealkylation sites (N-methyl/N-ethyl adjacent to an activating group) is 1. The number of carboxylic acid groups (broad SMARTS) is 1. The van der Waals surface area contributed by atoms with E-state index in [0.29, 0.717) is 0 Å². The number of hydrogen-bond donors (Lipinski definition) is 2. The average molecular weight is 229 g/mol. The average Bonchev–Trinajstić information content (AvgIpc) is 2.09. The molecule has 0 aliphatic carbocycles. The molecule has 0 rings (SSSR count). The number of hydrogen-bond acceptors (Lipinski definition) is 3. The number of carboxylic acids is 1. The molecule has 0 aromatic carbocycles. The Morgan fingerprint density at radius 2 is 2.07 bits per heavy atom. The Morgan fingerprint density at radius 3 is 2.40 bits per heavy atom. The van der Waals surface area contributed by atoms with Gasteiger partial charge in [0, 0.05) is 6.61 Å². The Labute approximate surface area is 85.4 Å². The molecular weight excluding hydrogens is 215 g/mol. The third kappa shape index (κ3) is 5.58. The van der Waals surface area contributed by atoms with Crippen LogP contribution in [-0.4, -0.2) is 43.1 Å². The molecule has 0 fully saturated rings. The molecule has 0 amide bonds. The molecule has 0 aliphatic rings. The Hall–Kier alpha value is -0.820. The Bertz CT molecular complexity index is 208. The largest absolute Gasteiger partial charge is 0.480 e. The molecule has 0 saturated heterocycles. The quantitative estimate of drug-likeness (QED) is 0.713. The lowest BCUT2D eigenvalue weighted by Crippen LogP contribution is -2.36. The van der Waals surface area contributed by atoms with Gasteiger partial charge in [-0.15, -0.1) is 0 Å². The van der Waals surface area contributed by atoms with Gasteiger partial charge in [0.15, 0.2) is 6.10 Å². The van der Waals surface area contributed by atoms with Crippen molar-refractivity contribution in [1.82, 2.24) is 5.32 Å². The van der Waals surface area contributed by atoms with Gasteiger partial charge < -0.3 is 15.2 Å². The number of halogens is 3. The second kappa shape index (κ2) is 5.92. The summed E-state index contributed by atoms with van der Waals surface area (Å²) in [6.07, 6.45) is -6.28. The van der Waals surface area contributed by atoms with E-state index in [1.807, 2.05) is 0 Å². The predicted octanol–water partition coefficient (Wildman–Crippen LogP) is 1.02. The first-order chi connectivity index (χ1) is 6.79. The first-order valence-electron chi connectivity index (χ1n) is 4.37. The number of carbonyl (C=O) groups is 1. The summed E-state index contributed by atoms with van der Waals surface area (Å²) in [5.41, 5.74) is 0. The summed E-state index contributed by atoms with van der Waals surface area (Å²) in [5, 5.41) is 11.0. The van der Waals surface area contributed by atoms with E-state index in [4.69, 9.17) is 5.11 Å². The second-order valence-corrected chi connectivity index (χ2v) is 3.02. The smallest absolute Gasteiger partial charge is 0.414 e.